The number of ether oxygens (including phenoxy) is 11. The maximum Gasteiger partial charge on any atom is 0.303 e. The second-order valence-electron chi connectivity index (χ2n) is 15.8. The third kappa shape index (κ3) is 14.2. The van der Waals surface area contributed by atoms with Crippen molar-refractivity contribution in [1.82, 2.24) is 0 Å². The number of benzene rings is 4. The third-order valence-corrected chi connectivity index (χ3v) is 10.9. The van der Waals surface area contributed by atoms with Gasteiger partial charge in [-0.3, -0.25) is 19.2 Å². The summed E-state index contributed by atoms with van der Waals surface area (Å²) in [7, 11) is 1.32. The molecule has 2 aliphatic rings. The van der Waals surface area contributed by atoms with Crippen LogP contribution in [0.25, 0.3) is 0 Å². The lowest BCUT2D eigenvalue weighted by Crippen LogP contribution is -2.69. The van der Waals surface area contributed by atoms with E-state index in [1.165, 1.54) is 34.8 Å². The van der Waals surface area contributed by atoms with Crippen LogP contribution in [0, 0.1) is 5.92 Å². The molecule has 0 aromatic heterocycles. The average Bonchev–Trinajstić information content (AvgIpc) is 3.30. The lowest BCUT2D eigenvalue weighted by atomic mass is 9.78. The summed E-state index contributed by atoms with van der Waals surface area (Å²) in [6.45, 7) is 4.94. The molecule has 11 atom stereocenters. The summed E-state index contributed by atoms with van der Waals surface area (Å²) in [5.74, 6) is -4.13. The summed E-state index contributed by atoms with van der Waals surface area (Å²) < 4.78 is 69.8. The highest BCUT2D eigenvalue weighted by molar-refractivity contribution is 5.68. The van der Waals surface area contributed by atoms with Crippen molar-refractivity contribution in [3.63, 3.8) is 0 Å². The molecule has 2 heterocycles. The van der Waals surface area contributed by atoms with Gasteiger partial charge >= 0.3 is 23.9 Å². The fourth-order valence-electron chi connectivity index (χ4n) is 8.16. The maximum atomic E-state index is 13.5. The molecule has 0 N–H and O–H groups in total. The molecular formula is C50H58O15. The molecule has 6 rings (SSSR count). The van der Waals surface area contributed by atoms with Gasteiger partial charge in [0.1, 0.15) is 49.3 Å². The maximum absolute atomic E-state index is 13.5. The van der Waals surface area contributed by atoms with E-state index in [2.05, 4.69) is 0 Å². The van der Waals surface area contributed by atoms with Crippen molar-refractivity contribution in [3.05, 3.63) is 144 Å². The van der Waals surface area contributed by atoms with Gasteiger partial charge in [0, 0.05) is 34.8 Å². The molecule has 15 heteroatoms. The number of rotatable bonds is 21. The van der Waals surface area contributed by atoms with Gasteiger partial charge in [0.25, 0.3) is 0 Å². The van der Waals surface area contributed by atoms with Crippen LogP contribution in [0.3, 0.4) is 0 Å². The predicted molar refractivity (Wildman–Crippen MR) is 232 cm³/mol. The minimum atomic E-state index is -1.44. The summed E-state index contributed by atoms with van der Waals surface area (Å²) in [5, 5.41) is 0. The Hall–Kier alpha value is -5.52. The Morgan fingerprint density at radius 2 is 0.954 bits per heavy atom. The Kier molecular flexibility index (Phi) is 18.6. The number of esters is 4. The molecule has 0 spiro atoms. The van der Waals surface area contributed by atoms with E-state index in [0.29, 0.717) is 0 Å². The predicted octanol–water partition coefficient (Wildman–Crippen LogP) is 6.07. The minimum absolute atomic E-state index is 0.0263. The fraction of sp³-hybridized carbons (Fsp3) is 0.440. The van der Waals surface area contributed by atoms with Crippen LogP contribution in [0.15, 0.2) is 121 Å². The van der Waals surface area contributed by atoms with Gasteiger partial charge in [-0.1, -0.05) is 121 Å². The zero-order valence-corrected chi connectivity index (χ0v) is 37.3. The van der Waals surface area contributed by atoms with Crippen molar-refractivity contribution in [3.8, 4) is 0 Å². The molecule has 0 unspecified atom stereocenters. The Labute approximate surface area is 379 Å². The molecule has 0 radical (unpaired) electrons. The van der Waals surface area contributed by atoms with Gasteiger partial charge in [-0.25, -0.2) is 0 Å². The lowest BCUT2D eigenvalue weighted by Gasteiger charge is -2.52. The SMILES string of the molecule is CO[C@H]1O[C@H](COC(C)=O)[C@H]([C@H](OC(C)=O)[C@@H]2O[C@H](COCc3ccccc3)[C@@H](OCc3ccccc3)[C@H](OCc3ccccc3)[C@H]2OCc2ccccc2)[C@H](OC(C)=O)[C@H]1OC(C)=O. The van der Waals surface area contributed by atoms with Crippen LogP contribution < -0.4 is 0 Å². The molecule has 15 nitrogen and oxygen atoms in total. The molecule has 65 heavy (non-hydrogen) atoms. The van der Waals surface area contributed by atoms with Crippen molar-refractivity contribution in [2.75, 3.05) is 20.3 Å². The van der Waals surface area contributed by atoms with Crippen molar-refractivity contribution in [1.29, 1.82) is 0 Å². The molecule has 4 aromatic carbocycles. The topological polar surface area (TPSA) is 170 Å². The quantitative estimate of drug-likeness (QED) is 0.0697. The van der Waals surface area contributed by atoms with Crippen LogP contribution in [0.2, 0.25) is 0 Å². The van der Waals surface area contributed by atoms with Gasteiger partial charge in [0.05, 0.1) is 39.0 Å². The Morgan fingerprint density at radius 3 is 1.42 bits per heavy atom. The van der Waals surface area contributed by atoms with Crippen LogP contribution in [-0.2, 0) is 97.7 Å². The van der Waals surface area contributed by atoms with E-state index in [0.717, 1.165) is 22.3 Å². The Morgan fingerprint density at radius 1 is 0.492 bits per heavy atom. The average molecular weight is 899 g/mol. The van der Waals surface area contributed by atoms with Gasteiger partial charge in [-0.05, 0) is 22.3 Å². The normalized spacial score (nSPS) is 25.7. The molecular weight excluding hydrogens is 841 g/mol. The monoisotopic (exact) mass is 898 g/mol. The highest BCUT2D eigenvalue weighted by atomic mass is 16.7. The number of methoxy groups -OCH3 is 1. The van der Waals surface area contributed by atoms with E-state index >= 15 is 0 Å². The van der Waals surface area contributed by atoms with Crippen LogP contribution in [0.4, 0.5) is 0 Å². The van der Waals surface area contributed by atoms with Gasteiger partial charge in [0.2, 0.25) is 0 Å². The summed E-state index contributed by atoms with van der Waals surface area (Å²) >= 11 is 0. The van der Waals surface area contributed by atoms with E-state index in [4.69, 9.17) is 52.1 Å². The molecule has 0 saturated carbocycles. The largest absolute Gasteiger partial charge is 0.463 e. The number of carbonyl (C=O) groups is 4. The molecule has 0 aliphatic carbocycles. The molecule has 4 aromatic rings. The lowest BCUT2D eigenvalue weighted by molar-refractivity contribution is -0.324. The van der Waals surface area contributed by atoms with Crippen molar-refractivity contribution >= 4 is 23.9 Å². The zero-order chi connectivity index (χ0) is 46.1. The van der Waals surface area contributed by atoms with E-state index in [-0.39, 0.29) is 33.0 Å². The highest BCUT2D eigenvalue weighted by Crippen LogP contribution is 2.41. The van der Waals surface area contributed by atoms with Crippen molar-refractivity contribution < 1.29 is 71.3 Å². The zero-order valence-electron chi connectivity index (χ0n) is 37.3. The van der Waals surface area contributed by atoms with Gasteiger partial charge in [-0.2, -0.15) is 0 Å². The second kappa shape index (κ2) is 24.7. The van der Waals surface area contributed by atoms with E-state index < -0.39 is 97.6 Å². The first-order chi connectivity index (χ1) is 31.5. The first-order valence-electron chi connectivity index (χ1n) is 21.6. The Balaban J connectivity index is 1.52. The minimum Gasteiger partial charge on any atom is -0.463 e. The molecule has 0 bridgehead atoms. The standard InChI is InChI=1S/C50H58O15/c1-32(51)57-31-40-42(45(62-34(3)53)49(63-35(4)54)50(55-5)65-40)44(61-33(2)52)48-47(60-29-39-24-16-9-17-25-39)46(59-28-38-22-14-8-15-23-38)43(58-27-37-20-12-7-13-21-37)41(64-48)30-56-26-36-18-10-6-11-19-36/h6-25,40-50H,26-31H2,1-5H3/t40-,41-,42-,43-,44+,45+,46+,47-,48+,49-,50+/m1/s1. The molecule has 0 amide bonds. The van der Waals surface area contributed by atoms with E-state index in [1.807, 2.05) is 121 Å². The van der Waals surface area contributed by atoms with Crippen LogP contribution >= 0.6 is 0 Å². The van der Waals surface area contributed by atoms with Gasteiger partial charge in [-0.15, -0.1) is 0 Å². The van der Waals surface area contributed by atoms with E-state index in [9.17, 15) is 19.2 Å². The number of carbonyl (C=O) groups excluding carboxylic acids is 4. The van der Waals surface area contributed by atoms with Crippen LogP contribution in [0.5, 0.6) is 0 Å². The summed E-state index contributed by atoms with van der Waals surface area (Å²) in [6, 6.07) is 38.3. The third-order valence-electron chi connectivity index (χ3n) is 10.9. The summed E-state index contributed by atoms with van der Waals surface area (Å²) in [4.78, 5) is 51.6. The number of hydrogen-bond donors (Lipinski definition) is 0. The smallest absolute Gasteiger partial charge is 0.303 e. The molecule has 2 aliphatic heterocycles. The second-order valence-corrected chi connectivity index (χ2v) is 15.8. The molecule has 348 valence electrons. The first kappa shape index (κ1) is 48.9. The van der Waals surface area contributed by atoms with Gasteiger partial charge in [0.15, 0.2) is 18.5 Å². The van der Waals surface area contributed by atoms with E-state index in [1.54, 1.807) is 0 Å². The first-order valence-corrected chi connectivity index (χ1v) is 21.6. The van der Waals surface area contributed by atoms with Crippen LogP contribution in [-0.4, -0.2) is 105 Å². The summed E-state index contributed by atoms with van der Waals surface area (Å²) in [6.07, 6.45) is -11.9. The van der Waals surface area contributed by atoms with Crippen molar-refractivity contribution in [2.24, 2.45) is 5.92 Å². The fourth-order valence-corrected chi connectivity index (χ4v) is 8.16. The Bertz CT molecular complexity index is 2070. The van der Waals surface area contributed by atoms with Crippen LogP contribution in [0.1, 0.15) is 49.9 Å². The van der Waals surface area contributed by atoms with Gasteiger partial charge < -0.3 is 52.1 Å². The van der Waals surface area contributed by atoms with Crippen molar-refractivity contribution in [2.45, 2.75) is 115 Å². The summed E-state index contributed by atoms with van der Waals surface area (Å²) in [5.41, 5.74) is 3.48. The number of hydrogen-bond acceptors (Lipinski definition) is 15. The molecule has 2 fully saturated rings. The molecule has 2 saturated heterocycles. The highest BCUT2D eigenvalue weighted by Gasteiger charge is 2.60.